The van der Waals surface area contributed by atoms with Gasteiger partial charge < -0.3 is 5.11 Å². The molecule has 2 aromatic rings. The molecule has 4 nitrogen and oxygen atoms in total. The molecule has 0 radical (unpaired) electrons. The summed E-state index contributed by atoms with van der Waals surface area (Å²) >= 11 is 0. The van der Waals surface area contributed by atoms with Crippen LogP contribution in [0.4, 0.5) is 0 Å². The molecular formula is C13H12N2O2. The average molecular weight is 228 g/mol. The lowest BCUT2D eigenvalue weighted by atomic mass is 9.98. The fourth-order valence-electron chi connectivity index (χ4n) is 1.80. The van der Waals surface area contributed by atoms with E-state index in [0.29, 0.717) is 11.3 Å². The summed E-state index contributed by atoms with van der Waals surface area (Å²) in [6, 6.07) is 3.50. The van der Waals surface area contributed by atoms with Crippen LogP contribution < -0.4 is 0 Å². The zero-order chi connectivity index (χ0) is 12.4. The van der Waals surface area contributed by atoms with E-state index in [9.17, 15) is 4.79 Å². The number of hydrogen-bond acceptors (Lipinski definition) is 3. The van der Waals surface area contributed by atoms with Gasteiger partial charge in [-0.2, -0.15) is 0 Å². The highest BCUT2D eigenvalue weighted by atomic mass is 16.4. The molecule has 0 atom stereocenters. The first-order valence-electron chi connectivity index (χ1n) is 5.20. The van der Waals surface area contributed by atoms with E-state index in [1.54, 1.807) is 31.6 Å². The van der Waals surface area contributed by atoms with Crippen molar-refractivity contribution in [2.24, 2.45) is 0 Å². The van der Waals surface area contributed by atoms with Gasteiger partial charge >= 0.3 is 5.97 Å². The van der Waals surface area contributed by atoms with Gasteiger partial charge in [-0.25, -0.2) is 4.79 Å². The second-order valence-corrected chi connectivity index (χ2v) is 3.88. The molecule has 1 aromatic carbocycles. The number of aryl methyl sites for hydroxylation is 2. The summed E-state index contributed by atoms with van der Waals surface area (Å²) in [5.41, 5.74) is 3.54. The number of nitrogens with zero attached hydrogens (tertiary/aromatic N) is 2. The maximum atomic E-state index is 11.1. The zero-order valence-corrected chi connectivity index (χ0v) is 9.64. The van der Waals surface area contributed by atoms with Crippen molar-refractivity contribution in [1.82, 2.24) is 9.97 Å². The van der Waals surface area contributed by atoms with Crippen molar-refractivity contribution in [3.8, 4) is 11.3 Å². The molecule has 0 aliphatic carbocycles. The van der Waals surface area contributed by atoms with Crippen molar-refractivity contribution < 1.29 is 9.90 Å². The largest absolute Gasteiger partial charge is 0.478 e. The van der Waals surface area contributed by atoms with Crippen LogP contribution >= 0.6 is 0 Å². The van der Waals surface area contributed by atoms with Crippen LogP contribution in [0.1, 0.15) is 21.5 Å². The van der Waals surface area contributed by atoms with E-state index in [0.717, 1.165) is 16.7 Å². The molecule has 0 aliphatic heterocycles. The Morgan fingerprint density at radius 1 is 1.18 bits per heavy atom. The van der Waals surface area contributed by atoms with E-state index in [2.05, 4.69) is 9.97 Å². The predicted molar refractivity (Wildman–Crippen MR) is 63.9 cm³/mol. The molecule has 1 heterocycles. The maximum Gasteiger partial charge on any atom is 0.335 e. The van der Waals surface area contributed by atoms with Crippen LogP contribution in [0.15, 0.2) is 30.7 Å². The highest BCUT2D eigenvalue weighted by Gasteiger charge is 2.12. The molecule has 86 valence electrons. The number of carboxylic acids is 1. The van der Waals surface area contributed by atoms with Crippen LogP contribution in [0.5, 0.6) is 0 Å². The number of carbonyl (C=O) groups is 1. The SMILES string of the molecule is Cc1cc(C)c(-c2cnccn2)cc1C(=O)O. The van der Waals surface area contributed by atoms with Crippen molar-refractivity contribution in [3.63, 3.8) is 0 Å². The quantitative estimate of drug-likeness (QED) is 0.857. The number of hydrogen-bond donors (Lipinski definition) is 1. The van der Waals surface area contributed by atoms with Crippen LogP contribution in [0.2, 0.25) is 0 Å². The van der Waals surface area contributed by atoms with E-state index in [-0.39, 0.29) is 0 Å². The zero-order valence-electron chi connectivity index (χ0n) is 9.64. The summed E-state index contributed by atoms with van der Waals surface area (Å²) in [4.78, 5) is 19.3. The third-order valence-electron chi connectivity index (χ3n) is 2.64. The van der Waals surface area contributed by atoms with Gasteiger partial charge in [0.25, 0.3) is 0 Å². The predicted octanol–water partition coefficient (Wildman–Crippen LogP) is 2.46. The van der Waals surface area contributed by atoms with E-state index >= 15 is 0 Å². The molecule has 0 unspecified atom stereocenters. The van der Waals surface area contributed by atoms with Gasteiger partial charge in [-0.05, 0) is 31.0 Å². The summed E-state index contributed by atoms with van der Waals surface area (Å²) in [5, 5.41) is 9.09. The van der Waals surface area contributed by atoms with Crippen LogP contribution in [-0.2, 0) is 0 Å². The lowest BCUT2D eigenvalue weighted by Crippen LogP contribution is -2.01. The molecule has 1 N–H and O–H groups in total. The minimum absolute atomic E-state index is 0.302. The van der Waals surface area contributed by atoms with Crippen LogP contribution in [0, 0.1) is 13.8 Å². The standard InChI is InChI=1S/C13H12N2O2/c1-8-5-9(2)11(13(16)17)6-10(8)12-7-14-3-4-15-12/h3-7H,1-2H3,(H,16,17). The van der Waals surface area contributed by atoms with Gasteiger partial charge in [0.2, 0.25) is 0 Å². The lowest BCUT2D eigenvalue weighted by molar-refractivity contribution is 0.0696. The molecule has 1 aromatic heterocycles. The first-order valence-corrected chi connectivity index (χ1v) is 5.20. The molecule has 0 spiro atoms. The average Bonchev–Trinajstić information content (AvgIpc) is 2.29. The maximum absolute atomic E-state index is 11.1. The van der Waals surface area contributed by atoms with Crippen LogP contribution in [0.3, 0.4) is 0 Å². The van der Waals surface area contributed by atoms with Crippen molar-refractivity contribution in [2.45, 2.75) is 13.8 Å². The number of carboxylic acid groups (broad SMARTS) is 1. The highest BCUT2D eigenvalue weighted by Crippen LogP contribution is 2.24. The first-order chi connectivity index (χ1) is 8.09. The Kier molecular flexibility index (Phi) is 2.87. The fraction of sp³-hybridized carbons (Fsp3) is 0.154. The summed E-state index contributed by atoms with van der Waals surface area (Å²) in [5.74, 6) is -0.923. The van der Waals surface area contributed by atoms with E-state index < -0.39 is 5.97 Å². The van der Waals surface area contributed by atoms with Crippen molar-refractivity contribution >= 4 is 5.97 Å². The van der Waals surface area contributed by atoms with Gasteiger partial charge in [-0.15, -0.1) is 0 Å². The van der Waals surface area contributed by atoms with E-state index in [4.69, 9.17) is 5.11 Å². The Balaban J connectivity index is 2.63. The van der Waals surface area contributed by atoms with Gasteiger partial charge in [0.15, 0.2) is 0 Å². The number of benzene rings is 1. The summed E-state index contributed by atoms with van der Waals surface area (Å²) in [7, 11) is 0. The molecule has 0 fully saturated rings. The minimum Gasteiger partial charge on any atom is -0.478 e. The second kappa shape index (κ2) is 4.33. The summed E-state index contributed by atoms with van der Waals surface area (Å²) < 4.78 is 0. The van der Waals surface area contributed by atoms with E-state index in [1.807, 2.05) is 13.0 Å². The van der Waals surface area contributed by atoms with Gasteiger partial charge in [-0.3, -0.25) is 9.97 Å². The van der Waals surface area contributed by atoms with E-state index in [1.165, 1.54) is 0 Å². The second-order valence-electron chi connectivity index (χ2n) is 3.88. The van der Waals surface area contributed by atoms with Gasteiger partial charge in [-0.1, -0.05) is 6.07 Å². The lowest BCUT2D eigenvalue weighted by Gasteiger charge is -2.08. The molecule has 0 amide bonds. The molecule has 17 heavy (non-hydrogen) atoms. The number of aromatic carboxylic acids is 1. The van der Waals surface area contributed by atoms with Crippen molar-refractivity contribution in [2.75, 3.05) is 0 Å². The fourth-order valence-corrected chi connectivity index (χ4v) is 1.80. The smallest absolute Gasteiger partial charge is 0.335 e. The summed E-state index contributed by atoms with van der Waals surface area (Å²) in [6.07, 6.45) is 4.81. The molecule has 0 saturated carbocycles. The number of rotatable bonds is 2. The van der Waals surface area contributed by atoms with Crippen molar-refractivity contribution in [1.29, 1.82) is 0 Å². The Hall–Kier alpha value is -2.23. The molecule has 2 rings (SSSR count). The van der Waals surface area contributed by atoms with Crippen LogP contribution in [0.25, 0.3) is 11.3 Å². The Morgan fingerprint density at radius 2 is 1.94 bits per heavy atom. The Labute approximate surface area is 99.0 Å². The van der Waals surface area contributed by atoms with Crippen molar-refractivity contribution in [3.05, 3.63) is 47.4 Å². The molecule has 0 saturated heterocycles. The number of aromatic nitrogens is 2. The topological polar surface area (TPSA) is 63.1 Å². The third kappa shape index (κ3) is 2.15. The monoisotopic (exact) mass is 228 g/mol. The van der Waals surface area contributed by atoms with Gasteiger partial charge in [0.05, 0.1) is 17.5 Å². The Morgan fingerprint density at radius 3 is 2.53 bits per heavy atom. The molecular weight excluding hydrogens is 216 g/mol. The minimum atomic E-state index is -0.923. The Bertz CT molecular complexity index is 565. The van der Waals surface area contributed by atoms with Gasteiger partial charge in [0.1, 0.15) is 0 Å². The molecule has 0 bridgehead atoms. The highest BCUT2D eigenvalue weighted by molar-refractivity contribution is 5.91. The van der Waals surface area contributed by atoms with Gasteiger partial charge in [0, 0.05) is 18.0 Å². The normalized spacial score (nSPS) is 10.2. The molecule has 0 aliphatic rings. The molecule has 4 heteroatoms. The summed E-state index contributed by atoms with van der Waals surface area (Å²) in [6.45, 7) is 3.72. The third-order valence-corrected chi connectivity index (χ3v) is 2.64. The van der Waals surface area contributed by atoms with Crippen LogP contribution in [-0.4, -0.2) is 21.0 Å². The first kappa shape index (κ1) is 11.3.